The average molecular weight is 492 g/mol. The van der Waals surface area contributed by atoms with E-state index in [0.29, 0.717) is 17.7 Å². The van der Waals surface area contributed by atoms with Gasteiger partial charge in [0.2, 0.25) is 0 Å². The Labute approximate surface area is 214 Å². The summed E-state index contributed by atoms with van der Waals surface area (Å²) in [6.45, 7) is 0.327. The molecule has 0 atom stereocenters. The third kappa shape index (κ3) is 6.70. The van der Waals surface area contributed by atoms with E-state index < -0.39 is 11.8 Å². The zero-order chi connectivity index (χ0) is 26.0. The van der Waals surface area contributed by atoms with E-state index in [-0.39, 0.29) is 28.6 Å². The first-order valence-electron chi connectivity index (χ1n) is 11.6. The molecule has 0 unspecified atom stereocenters. The van der Waals surface area contributed by atoms with E-state index in [0.717, 1.165) is 5.56 Å². The molecule has 4 aromatic carbocycles. The normalized spacial score (nSPS) is 10.9. The Morgan fingerprint density at radius 2 is 1.32 bits per heavy atom. The van der Waals surface area contributed by atoms with Crippen molar-refractivity contribution in [1.82, 2.24) is 10.6 Å². The Morgan fingerprint density at radius 3 is 2.05 bits per heavy atom. The molecule has 4 N–H and O–H groups in total. The van der Waals surface area contributed by atoms with Crippen molar-refractivity contribution in [1.29, 1.82) is 0 Å². The summed E-state index contributed by atoms with van der Waals surface area (Å²) in [5, 5.41) is 18.4. The Bertz CT molecular complexity index is 1430. The molecule has 0 spiro atoms. The van der Waals surface area contributed by atoms with Crippen LogP contribution in [0, 0.1) is 0 Å². The maximum atomic E-state index is 13.3. The van der Waals surface area contributed by atoms with E-state index in [2.05, 4.69) is 16.0 Å². The van der Waals surface area contributed by atoms with Crippen molar-refractivity contribution in [3.8, 4) is 5.75 Å². The van der Waals surface area contributed by atoms with E-state index >= 15 is 0 Å². The smallest absolute Gasteiger partial charge is 0.272 e. The SMILES string of the molecule is O=C(Nc1ccccc1C(=O)NCc1ccccc1)/C(=C\c1ccccc1O)NC(=O)c1ccccc1. The maximum absolute atomic E-state index is 13.3. The number of amides is 3. The Balaban J connectivity index is 1.57. The zero-order valence-corrected chi connectivity index (χ0v) is 19.8. The summed E-state index contributed by atoms with van der Waals surface area (Å²) in [5.74, 6) is -1.57. The van der Waals surface area contributed by atoms with Crippen molar-refractivity contribution >= 4 is 29.5 Å². The van der Waals surface area contributed by atoms with Crippen LogP contribution in [0.1, 0.15) is 31.8 Å². The molecule has 0 bridgehead atoms. The van der Waals surface area contributed by atoms with Crippen molar-refractivity contribution in [2.24, 2.45) is 0 Å². The highest BCUT2D eigenvalue weighted by molar-refractivity contribution is 6.13. The Morgan fingerprint density at radius 1 is 0.703 bits per heavy atom. The fourth-order valence-corrected chi connectivity index (χ4v) is 3.56. The van der Waals surface area contributed by atoms with Crippen molar-refractivity contribution in [3.63, 3.8) is 0 Å². The number of anilines is 1. The van der Waals surface area contributed by atoms with Gasteiger partial charge in [-0.05, 0) is 42.0 Å². The first-order chi connectivity index (χ1) is 18.0. The molecule has 0 aliphatic carbocycles. The summed E-state index contributed by atoms with van der Waals surface area (Å²) in [6.07, 6.45) is 1.38. The summed E-state index contributed by atoms with van der Waals surface area (Å²) in [6, 6.07) is 31.0. The molecule has 0 fully saturated rings. The molecule has 0 radical (unpaired) electrons. The number of carbonyl (C=O) groups excluding carboxylic acids is 3. The highest BCUT2D eigenvalue weighted by atomic mass is 16.3. The number of para-hydroxylation sites is 2. The largest absolute Gasteiger partial charge is 0.507 e. The van der Waals surface area contributed by atoms with E-state index in [1.807, 2.05) is 30.3 Å². The molecule has 0 aromatic heterocycles. The van der Waals surface area contributed by atoms with Gasteiger partial charge in [-0.2, -0.15) is 0 Å². The number of phenols is 1. The fraction of sp³-hybridized carbons (Fsp3) is 0.0333. The van der Waals surface area contributed by atoms with Gasteiger partial charge in [0.1, 0.15) is 11.4 Å². The summed E-state index contributed by atoms with van der Waals surface area (Å²) in [4.78, 5) is 39.1. The quantitative estimate of drug-likeness (QED) is 0.267. The van der Waals surface area contributed by atoms with Gasteiger partial charge in [0.25, 0.3) is 17.7 Å². The first kappa shape index (κ1) is 24.9. The topological polar surface area (TPSA) is 108 Å². The lowest BCUT2D eigenvalue weighted by Gasteiger charge is -2.14. The number of hydrogen-bond acceptors (Lipinski definition) is 4. The van der Waals surface area contributed by atoms with Gasteiger partial charge in [0.05, 0.1) is 11.3 Å². The molecule has 7 heteroatoms. The van der Waals surface area contributed by atoms with E-state index in [4.69, 9.17) is 0 Å². The van der Waals surface area contributed by atoms with Crippen molar-refractivity contribution in [2.75, 3.05) is 5.32 Å². The van der Waals surface area contributed by atoms with Crippen LogP contribution in [0.15, 0.2) is 115 Å². The number of phenolic OH excluding ortho intramolecular Hbond substituents is 1. The highest BCUT2D eigenvalue weighted by Crippen LogP contribution is 2.21. The van der Waals surface area contributed by atoms with E-state index in [1.54, 1.807) is 72.8 Å². The lowest BCUT2D eigenvalue weighted by Crippen LogP contribution is -2.31. The van der Waals surface area contributed by atoms with Crippen molar-refractivity contribution < 1.29 is 19.5 Å². The van der Waals surface area contributed by atoms with Gasteiger partial charge in [0, 0.05) is 17.7 Å². The minimum atomic E-state index is -0.657. The van der Waals surface area contributed by atoms with Crippen LogP contribution in [0.5, 0.6) is 5.75 Å². The summed E-state index contributed by atoms with van der Waals surface area (Å²) in [7, 11) is 0. The molecule has 4 rings (SSSR count). The lowest BCUT2D eigenvalue weighted by molar-refractivity contribution is -0.113. The average Bonchev–Trinajstić information content (AvgIpc) is 2.93. The predicted octanol–water partition coefficient (Wildman–Crippen LogP) is 4.73. The molecule has 184 valence electrons. The van der Waals surface area contributed by atoms with E-state index in [9.17, 15) is 19.5 Å². The first-order valence-corrected chi connectivity index (χ1v) is 11.6. The molecular formula is C30H25N3O4. The molecule has 4 aromatic rings. The van der Waals surface area contributed by atoms with Crippen LogP contribution in [0.3, 0.4) is 0 Å². The molecule has 37 heavy (non-hydrogen) atoms. The molecular weight excluding hydrogens is 466 g/mol. The molecule has 0 aliphatic rings. The Kier molecular flexibility index (Phi) is 8.08. The fourth-order valence-electron chi connectivity index (χ4n) is 3.56. The van der Waals surface area contributed by atoms with Crippen molar-refractivity contribution in [2.45, 2.75) is 6.54 Å². The second-order valence-electron chi connectivity index (χ2n) is 8.10. The summed E-state index contributed by atoms with van der Waals surface area (Å²) >= 11 is 0. The summed E-state index contributed by atoms with van der Waals surface area (Å²) in [5.41, 5.74) is 2.08. The van der Waals surface area contributed by atoms with Crippen LogP contribution in [-0.4, -0.2) is 22.8 Å². The van der Waals surface area contributed by atoms with Crippen LogP contribution in [0.4, 0.5) is 5.69 Å². The van der Waals surface area contributed by atoms with Gasteiger partial charge in [0.15, 0.2) is 0 Å². The van der Waals surface area contributed by atoms with E-state index in [1.165, 1.54) is 12.1 Å². The number of carbonyl (C=O) groups is 3. The minimum Gasteiger partial charge on any atom is -0.507 e. The van der Waals surface area contributed by atoms with Gasteiger partial charge in [-0.15, -0.1) is 0 Å². The van der Waals surface area contributed by atoms with Gasteiger partial charge in [-0.1, -0.05) is 78.9 Å². The van der Waals surface area contributed by atoms with Crippen molar-refractivity contribution in [3.05, 3.63) is 137 Å². The van der Waals surface area contributed by atoms with Gasteiger partial charge < -0.3 is 21.1 Å². The van der Waals surface area contributed by atoms with Crippen LogP contribution >= 0.6 is 0 Å². The maximum Gasteiger partial charge on any atom is 0.272 e. The molecule has 0 aliphatic heterocycles. The lowest BCUT2D eigenvalue weighted by atomic mass is 10.1. The van der Waals surface area contributed by atoms with Crippen LogP contribution in [0.25, 0.3) is 6.08 Å². The highest BCUT2D eigenvalue weighted by Gasteiger charge is 2.18. The predicted molar refractivity (Wildman–Crippen MR) is 143 cm³/mol. The van der Waals surface area contributed by atoms with Gasteiger partial charge in [-0.3, -0.25) is 14.4 Å². The molecule has 3 amide bonds. The third-order valence-electron chi connectivity index (χ3n) is 5.48. The van der Waals surface area contributed by atoms with Crippen LogP contribution in [-0.2, 0) is 11.3 Å². The zero-order valence-electron chi connectivity index (χ0n) is 19.8. The molecule has 0 saturated carbocycles. The molecule has 0 saturated heterocycles. The van der Waals surface area contributed by atoms with Gasteiger partial charge >= 0.3 is 0 Å². The number of benzene rings is 4. The third-order valence-corrected chi connectivity index (χ3v) is 5.48. The van der Waals surface area contributed by atoms with Crippen LogP contribution in [0.2, 0.25) is 0 Å². The standard InChI is InChI=1S/C30H25N3O4/c34-27-18-10-7-15-23(27)19-26(33-28(35)22-13-5-2-6-14-22)30(37)32-25-17-9-8-16-24(25)29(36)31-20-21-11-3-1-4-12-21/h1-19,34H,20H2,(H,31,36)(H,32,37)(H,33,35)/b26-19+. The second kappa shape index (κ2) is 12.0. The molecule has 0 heterocycles. The minimum absolute atomic E-state index is 0.0533. The monoisotopic (exact) mass is 491 g/mol. The summed E-state index contributed by atoms with van der Waals surface area (Å²) < 4.78 is 0. The second-order valence-corrected chi connectivity index (χ2v) is 8.10. The molecule has 7 nitrogen and oxygen atoms in total. The number of aromatic hydroxyl groups is 1. The Hall–Kier alpha value is -5.17. The number of rotatable bonds is 8. The number of nitrogens with one attached hydrogen (secondary N) is 3. The van der Waals surface area contributed by atoms with Crippen LogP contribution < -0.4 is 16.0 Å². The number of hydrogen-bond donors (Lipinski definition) is 4. The van der Waals surface area contributed by atoms with Gasteiger partial charge in [-0.25, -0.2) is 0 Å².